The number of carbonyl (C=O) groups is 1. The molecule has 2 N–H and O–H groups in total. The summed E-state index contributed by atoms with van der Waals surface area (Å²) < 4.78 is 36.3. The van der Waals surface area contributed by atoms with Crippen molar-refractivity contribution in [3.8, 4) is 17.1 Å². The number of aryl methyl sites for hydroxylation is 2. The molecule has 38 heavy (non-hydrogen) atoms. The summed E-state index contributed by atoms with van der Waals surface area (Å²) in [4.78, 5) is 34.3. The summed E-state index contributed by atoms with van der Waals surface area (Å²) in [6.07, 6.45) is 1.65. The van der Waals surface area contributed by atoms with Crippen LogP contribution in [-0.4, -0.2) is 82.7 Å². The van der Waals surface area contributed by atoms with Gasteiger partial charge in [-0.2, -0.15) is 9.40 Å². The van der Waals surface area contributed by atoms with Gasteiger partial charge in [0.2, 0.25) is 15.9 Å². The fourth-order valence-corrected chi connectivity index (χ4v) is 6.26. The van der Waals surface area contributed by atoms with Gasteiger partial charge in [-0.1, -0.05) is 13.3 Å². The minimum absolute atomic E-state index is 0.0461. The molecule has 3 heterocycles. The normalized spacial score (nSPS) is 17.4. The number of sulfonamides is 1. The van der Waals surface area contributed by atoms with E-state index in [9.17, 15) is 18.0 Å². The third-order valence-corrected chi connectivity index (χ3v) is 8.45. The second-order valence-corrected chi connectivity index (χ2v) is 11.4. The van der Waals surface area contributed by atoms with Crippen molar-refractivity contribution in [2.24, 2.45) is 7.05 Å². The number of rotatable bonds is 8. The molecule has 1 unspecified atom stereocenters. The van der Waals surface area contributed by atoms with Crippen LogP contribution in [0.4, 0.5) is 0 Å². The highest BCUT2D eigenvalue weighted by Gasteiger charge is 2.32. The van der Waals surface area contributed by atoms with Crippen molar-refractivity contribution in [2.45, 2.75) is 51.1 Å². The van der Waals surface area contributed by atoms with Crippen LogP contribution in [0.15, 0.2) is 27.9 Å². The van der Waals surface area contributed by atoms with Crippen molar-refractivity contribution in [3.05, 3.63) is 34.2 Å². The van der Waals surface area contributed by atoms with Gasteiger partial charge in [0.05, 0.1) is 28.9 Å². The Morgan fingerprint density at radius 1 is 1.24 bits per heavy atom. The van der Waals surface area contributed by atoms with Crippen LogP contribution in [0, 0.1) is 0 Å². The number of benzene rings is 1. The van der Waals surface area contributed by atoms with Crippen LogP contribution in [0.5, 0.6) is 5.75 Å². The van der Waals surface area contributed by atoms with E-state index < -0.39 is 16.2 Å². The summed E-state index contributed by atoms with van der Waals surface area (Å²) in [5, 5.41) is 7.29. The lowest BCUT2D eigenvalue weighted by Gasteiger charge is -2.29. The first-order chi connectivity index (χ1) is 18.1. The van der Waals surface area contributed by atoms with E-state index in [2.05, 4.69) is 15.4 Å². The van der Waals surface area contributed by atoms with E-state index in [0.29, 0.717) is 60.6 Å². The van der Waals surface area contributed by atoms with Gasteiger partial charge < -0.3 is 15.0 Å². The Balaban J connectivity index is 1.81. The number of carbonyl (C=O) groups excluding carboxylic acids is 1. The maximum Gasteiger partial charge on any atom is 0.277 e. The van der Waals surface area contributed by atoms with Crippen molar-refractivity contribution >= 4 is 27.0 Å². The van der Waals surface area contributed by atoms with Crippen molar-refractivity contribution in [3.63, 3.8) is 0 Å². The first kappa shape index (κ1) is 27.7. The van der Waals surface area contributed by atoms with E-state index in [-0.39, 0.29) is 28.7 Å². The Hall–Kier alpha value is -3.29. The highest BCUT2D eigenvalue weighted by atomic mass is 32.2. The van der Waals surface area contributed by atoms with Crippen molar-refractivity contribution in [1.29, 1.82) is 0 Å². The second kappa shape index (κ2) is 11.2. The van der Waals surface area contributed by atoms with Gasteiger partial charge >= 0.3 is 0 Å². The van der Waals surface area contributed by atoms with E-state index >= 15 is 0 Å². The highest BCUT2D eigenvalue weighted by Crippen LogP contribution is 2.32. The second-order valence-electron chi connectivity index (χ2n) is 9.44. The Labute approximate surface area is 222 Å². The van der Waals surface area contributed by atoms with E-state index in [0.717, 1.165) is 6.42 Å². The molecule has 1 aromatic carbocycles. The smallest absolute Gasteiger partial charge is 0.277 e. The van der Waals surface area contributed by atoms with E-state index in [1.165, 1.54) is 28.0 Å². The summed E-state index contributed by atoms with van der Waals surface area (Å²) in [6, 6.07) is 4.57. The molecule has 206 valence electrons. The van der Waals surface area contributed by atoms with Crippen LogP contribution in [0.1, 0.15) is 39.3 Å². The number of aromatic nitrogens is 4. The number of ether oxygens (including phenoxy) is 1. The lowest BCUT2D eigenvalue weighted by atomic mass is 10.1. The maximum atomic E-state index is 13.8. The monoisotopic (exact) mass is 545 g/mol. The molecule has 0 bridgehead atoms. The quantitative estimate of drug-likeness (QED) is 0.433. The molecule has 1 fully saturated rings. The molecule has 1 saturated heterocycles. The van der Waals surface area contributed by atoms with E-state index in [1.807, 2.05) is 25.8 Å². The third-order valence-electron chi connectivity index (χ3n) is 6.59. The predicted octanol–water partition coefficient (Wildman–Crippen LogP) is 1.46. The lowest BCUT2D eigenvalue weighted by Crippen LogP contribution is -2.51. The van der Waals surface area contributed by atoms with Gasteiger partial charge in [0.1, 0.15) is 17.1 Å². The fraction of sp³-hybridized carbons (Fsp3) is 0.520. The molecular weight excluding hydrogens is 510 g/mol. The standard InChI is InChI=1S/C25H35N7O5S/c1-6-9-19-22-23(31(5)29-19)25(34)28-24(27-22)18-14-17(10-11-20(18)37-7-2)38(35,36)32-13-8-12-30(4)21(15-32)26-16(3)33/h10-11,14,21H,6-9,12-13,15H2,1-5H3,(H,26,33)(H,27,28,34). The molecule has 13 heteroatoms. The number of H-pyrrole nitrogens is 1. The van der Waals surface area contributed by atoms with Gasteiger partial charge in [-0.25, -0.2) is 13.4 Å². The number of nitrogens with one attached hydrogen (secondary N) is 2. The van der Waals surface area contributed by atoms with Gasteiger partial charge in [0.15, 0.2) is 5.52 Å². The SMILES string of the molecule is CCCc1nn(C)c2c(=O)[nH]c(-c3cc(S(=O)(=O)N4CCCN(C)C(NC(C)=O)C4)ccc3OCC)nc12. The van der Waals surface area contributed by atoms with E-state index in [4.69, 9.17) is 9.72 Å². The van der Waals surface area contributed by atoms with Gasteiger partial charge in [0.25, 0.3) is 5.56 Å². The highest BCUT2D eigenvalue weighted by molar-refractivity contribution is 7.89. The van der Waals surface area contributed by atoms with Crippen LogP contribution in [-0.2, 0) is 28.3 Å². The van der Waals surface area contributed by atoms with Crippen LogP contribution in [0.25, 0.3) is 22.4 Å². The largest absolute Gasteiger partial charge is 0.493 e. The Morgan fingerprint density at radius 2 is 2.00 bits per heavy atom. The van der Waals surface area contributed by atoms with Crippen molar-refractivity contribution in [2.75, 3.05) is 33.3 Å². The summed E-state index contributed by atoms with van der Waals surface area (Å²) in [7, 11) is -0.387. The average molecular weight is 546 g/mol. The summed E-state index contributed by atoms with van der Waals surface area (Å²) in [5.74, 6) is 0.384. The van der Waals surface area contributed by atoms with Crippen LogP contribution < -0.4 is 15.6 Å². The number of fused-ring (bicyclic) bond motifs is 1. The molecule has 3 aromatic rings. The Kier molecular flexibility index (Phi) is 8.19. The number of nitrogens with zero attached hydrogens (tertiary/aromatic N) is 5. The zero-order chi connectivity index (χ0) is 27.6. The molecule has 0 spiro atoms. The molecular formula is C25H35N7O5S. The van der Waals surface area contributed by atoms with Gasteiger partial charge in [-0.3, -0.25) is 19.2 Å². The number of likely N-dealkylation sites (N-methyl/N-ethyl adjacent to an activating group) is 1. The Bertz CT molecular complexity index is 1500. The first-order valence-corrected chi connectivity index (χ1v) is 14.2. The topological polar surface area (TPSA) is 143 Å². The molecule has 12 nitrogen and oxygen atoms in total. The van der Waals surface area contributed by atoms with Crippen LogP contribution >= 0.6 is 0 Å². The number of aromatic amines is 1. The van der Waals surface area contributed by atoms with Gasteiger partial charge in [-0.05, 0) is 45.0 Å². The predicted molar refractivity (Wildman–Crippen MR) is 143 cm³/mol. The van der Waals surface area contributed by atoms with Crippen LogP contribution in [0.3, 0.4) is 0 Å². The number of hydrogen-bond acceptors (Lipinski definition) is 8. The minimum atomic E-state index is -3.94. The molecule has 1 aliphatic rings. The van der Waals surface area contributed by atoms with E-state index in [1.54, 1.807) is 13.1 Å². The number of hydrogen-bond donors (Lipinski definition) is 2. The third kappa shape index (κ3) is 5.45. The summed E-state index contributed by atoms with van der Waals surface area (Å²) in [5.41, 5.74) is 1.54. The number of amides is 1. The molecule has 1 atom stereocenters. The minimum Gasteiger partial charge on any atom is -0.493 e. The summed E-state index contributed by atoms with van der Waals surface area (Å²) >= 11 is 0. The zero-order valence-electron chi connectivity index (χ0n) is 22.4. The first-order valence-electron chi connectivity index (χ1n) is 12.8. The zero-order valence-corrected chi connectivity index (χ0v) is 23.3. The molecule has 4 rings (SSSR count). The molecule has 1 amide bonds. The molecule has 2 aromatic heterocycles. The van der Waals surface area contributed by atoms with Gasteiger partial charge in [0, 0.05) is 33.6 Å². The molecule has 0 saturated carbocycles. The molecule has 1 aliphatic heterocycles. The van der Waals surface area contributed by atoms with Crippen molar-refractivity contribution < 1.29 is 17.9 Å². The Morgan fingerprint density at radius 3 is 2.68 bits per heavy atom. The molecule has 0 aliphatic carbocycles. The summed E-state index contributed by atoms with van der Waals surface area (Å²) in [6.45, 7) is 6.66. The lowest BCUT2D eigenvalue weighted by molar-refractivity contribution is -0.120. The van der Waals surface area contributed by atoms with Crippen LogP contribution in [0.2, 0.25) is 0 Å². The van der Waals surface area contributed by atoms with Crippen molar-refractivity contribution in [1.82, 2.24) is 34.3 Å². The average Bonchev–Trinajstić information content (AvgIpc) is 3.05. The maximum absolute atomic E-state index is 13.8. The van der Waals surface area contributed by atoms with Gasteiger partial charge in [-0.15, -0.1) is 0 Å². The fourth-order valence-electron chi connectivity index (χ4n) is 4.75. The molecule has 0 radical (unpaired) electrons.